The number of rotatable bonds is 2. The molecule has 0 heterocycles. The van der Waals surface area contributed by atoms with E-state index in [1.165, 1.54) is 6.26 Å². The van der Waals surface area contributed by atoms with Gasteiger partial charge >= 0.3 is 0 Å². The van der Waals surface area contributed by atoms with Gasteiger partial charge < -0.3 is 4.74 Å². The Morgan fingerprint density at radius 3 is 2.33 bits per heavy atom. The van der Waals surface area contributed by atoms with Gasteiger partial charge in [0.05, 0.1) is 6.26 Å². The zero-order chi connectivity index (χ0) is 4.99. The van der Waals surface area contributed by atoms with Gasteiger partial charge in [-0.3, -0.25) is 0 Å². The van der Waals surface area contributed by atoms with Gasteiger partial charge in [0, 0.05) is 5.66 Å². The van der Waals surface area contributed by atoms with Crippen LogP contribution >= 0.6 is 0 Å². The van der Waals surface area contributed by atoms with E-state index in [1.807, 2.05) is 0 Å². The molecule has 0 aromatic heterocycles. The third-order valence-electron chi connectivity index (χ3n) is 0.285. The van der Waals surface area contributed by atoms with Gasteiger partial charge in [-0.2, -0.15) is 0 Å². The summed E-state index contributed by atoms with van der Waals surface area (Å²) in [6.45, 7) is 6.77. The van der Waals surface area contributed by atoms with Crippen LogP contribution in [0.1, 0.15) is 0 Å². The van der Waals surface area contributed by atoms with E-state index >= 15 is 0 Å². The Labute approximate surface area is 38.7 Å². The summed E-state index contributed by atoms with van der Waals surface area (Å²) in [6.07, 6.45) is 1.35. The van der Waals surface area contributed by atoms with Crippen LogP contribution in [0.4, 0.5) is 0 Å². The molecule has 0 aliphatic carbocycles. The molecule has 0 aliphatic heterocycles. The van der Waals surface area contributed by atoms with Gasteiger partial charge in [0.25, 0.3) is 0 Å². The normalized spacial score (nSPS) is 6.67. The van der Waals surface area contributed by atoms with E-state index in [4.69, 9.17) is 0 Å². The fourth-order valence-electron chi connectivity index (χ4n) is 0.142. The van der Waals surface area contributed by atoms with E-state index in [0.717, 1.165) is 0 Å². The van der Waals surface area contributed by atoms with Crippen LogP contribution < -0.4 is 0 Å². The van der Waals surface area contributed by atoms with Crippen molar-refractivity contribution in [2.75, 3.05) is 0 Å². The maximum atomic E-state index is 4.61. The third-order valence-corrected chi connectivity index (χ3v) is 0.285. The molecular formula is C4H7BO. The van der Waals surface area contributed by atoms with Crippen LogP contribution in [0.5, 0.6) is 0 Å². The molecule has 0 saturated heterocycles. The molecule has 0 aliphatic rings. The molecule has 0 atom stereocenters. The molecule has 6 heavy (non-hydrogen) atoms. The summed E-state index contributed by atoms with van der Waals surface area (Å²) in [4.78, 5) is 0. The first-order chi connectivity index (χ1) is 2.77. The number of hydrogen-bond donors (Lipinski definition) is 0. The summed E-state index contributed by atoms with van der Waals surface area (Å²) in [5, 5.41) is 0. The Morgan fingerprint density at radius 2 is 2.33 bits per heavy atom. The van der Waals surface area contributed by atoms with Crippen LogP contribution in [0, 0.1) is 0 Å². The average molecular weight is 81.9 g/mol. The van der Waals surface area contributed by atoms with Crippen molar-refractivity contribution in [2.24, 2.45) is 0 Å². The van der Waals surface area contributed by atoms with Crippen LogP contribution in [0.15, 0.2) is 25.1 Å². The van der Waals surface area contributed by atoms with Crippen molar-refractivity contribution in [1.29, 1.82) is 0 Å². The van der Waals surface area contributed by atoms with Crippen molar-refractivity contribution in [3.63, 3.8) is 0 Å². The van der Waals surface area contributed by atoms with E-state index in [-0.39, 0.29) is 0 Å². The number of ether oxygens (including phenoxy) is 1. The smallest absolute Gasteiger partial charge is 0.185 e. The average Bonchev–Trinajstić information content (AvgIpc) is 1.35. The maximum absolute atomic E-state index is 4.61. The predicted octanol–water partition coefficient (Wildman–Crippen LogP) is 0.251. The Kier molecular flexibility index (Phi) is 2.29. The SMILES string of the molecule is BC(=C)OC=C. The molecule has 0 saturated carbocycles. The van der Waals surface area contributed by atoms with Gasteiger partial charge in [-0.1, -0.05) is 13.2 Å². The summed E-state index contributed by atoms with van der Waals surface area (Å²) in [6, 6.07) is 0. The summed E-state index contributed by atoms with van der Waals surface area (Å²) in [5.41, 5.74) is 0.671. The number of hydrogen-bond acceptors (Lipinski definition) is 1. The predicted molar refractivity (Wildman–Crippen MR) is 29.0 cm³/mol. The zero-order valence-electron chi connectivity index (χ0n) is 3.90. The van der Waals surface area contributed by atoms with Crippen molar-refractivity contribution in [2.45, 2.75) is 0 Å². The molecule has 0 unspecified atom stereocenters. The molecule has 0 amide bonds. The molecule has 0 aromatic carbocycles. The van der Waals surface area contributed by atoms with Crippen molar-refractivity contribution in [1.82, 2.24) is 0 Å². The Balaban J connectivity index is 3.05. The molecule has 32 valence electrons. The highest BCUT2D eigenvalue weighted by atomic mass is 16.5. The highest BCUT2D eigenvalue weighted by Gasteiger charge is 1.70. The van der Waals surface area contributed by atoms with Gasteiger partial charge in [-0.25, -0.2) is 0 Å². The monoisotopic (exact) mass is 82.1 g/mol. The fourth-order valence-corrected chi connectivity index (χ4v) is 0.142. The maximum Gasteiger partial charge on any atom is 0.185 e. The molecule has 0 rings (SSSR count). The van der Waals surface area contributed by atoms with Gasteiger partial charge in [0.2, 0.25) is 0 Å². The van der Waals surface area contributed by atoms with Crippen molar-refractivity contribution < 1.29 is 4.74 Å². The standard InChI is InChI=1S/C4H7BO/c1-3-6-4(2)5/h3H,1-2,5H2. The molecule has 0 N–H and O–H groups in total. The molecular weight excluding hydrogens is 74.9 g/mol. The minimum absolute atomic E-state index is 0.671. The lowest BCUT2D eigenvalue weighted by Crippen LogP contribution is -1.76. The van der Waals surface area contributed by atoms with E-state index in [0.29, 0.717) is 5.66 Å². The van der Waals surface area contributed by atoms with Crippen molar-refractivity contribution >= 4 is 7.85 Å². The second-order valence-corrected chi connectivity index (χ2v) is 0.987. The van der Waals surface area contributed by atoms with E-state index < -0.39 is 0 Å². The largest absolute Gasteiger partial charge is 0.482 e. The molecule has 0 fully saturated rings. The Morgan fingerprint density at radius 1 is 1.83 bits per heavy atom. The first-order valence-corrected chi connectivity index (χ1v) is 1.70. The highest BCUT2D eigenvalue weighted by Crippen LogP contribution is 1.81. The highest BCUT2D eigenvalue weighted by molar-refractivity contribution is 6.19. The second-order valence-electron chi connectivity index (χ2n) is 0.987. The van der Waals surface area contributed by atoms with Crippen molar-refractivity contribution in [3.05, 3.63) is 25.1 Å². The lowest BCUT2D eigenvalue weighted by atomic mass is 10.1. The van der Waals surface area contributed by atoms with Gasteiger partial charge in [-0.05, 0) is 0 Å². The zero-order valence-corrected chi connectivity index (χ0v) is 3.90. The lowest BCUT2D eigenvalue weighted by molar-refractivity contribution is 0.388. The van der Waals surface area contributed by atoms with E-state index in [1.54, 1.807) is 7.85 Å². The minimum atomic E-state index is 0.671. The molecule has 0 bridgehead atoms. The lowest BCUT2D eigenvalue weighted by Gasteiger charge is -1.90. The first-order valence-electron chi connectivity index (χ1n) is 1.70. The molecule has 0 spiro atoms. The fraction of sp³-hybridized carbons (Fsp3) is 0. The van der Waals surface area contributed by atoms with E-state index in [9.17, 15) is 0 Å². The minimum Gasteiger partial charge on any atom is -0.482 e. The summed E-state index contributed by atoms with van der Waals surface area (Å²) in [5.74, 6) is 0. The topological polar surface area (TPSA) is 9.23 Å². The van der Waals surface area contributed by atoms with Gasteiger partial charge in [-0.15, -0.1) is 0 Å². The molecule has 0 radical (unpaired) electrons. The van der Waals surface area contributed by atoms with Gasteiger partial charge in [0.1, 0.15) is 0 Å². The Hall–Kier alpha value is -0.655. The van der Waals surface area contributed by atoms with Crippen LogP contribution in [0.3, 0.4) is 0 Å². The second kappa shape index (κ2) is 2.58. The van der Waals surface area contributed by atoms with Crippen molar-refractivity contribution in [3.8, 4) is 0 Å². The van der Waals surface area contributed by atoms with Crippen LogP contribution in [0.2, 0.25) is 0 Å². The molecule has 0 aromatic rings. The quantitative estimate of drug-likeness (QED) is 0.342. The van der Waals surface area contributed by atoms with E-state index in [2.05, 4.69) is 17.9 Å². The molecule has 2 heteroatoms. The summed E-state index contributed by atoms with van der Waals surface area (Å²) in [7, 11) is 1.77. The van der Waals surface area contributed by atoms with Gasteiger partial charge in [0.15, 0.2) is 7.85 Å². The molecule has 1 nitrogen and oxygen atoms in total. The summed E-state index contributed by atoms with van der Waals surface area (Å²) < 4.78 is 4.61. The third kappa shape index (κ3) is 3.34. The first kappa shape index (κ1) is 5.34. The van der Waals surface area contributed by atoms with Crippen LogP contribution in [-0.4, -0.2) is 7.85 Å². The van der Waals surface area contributed by atoms with Crippen LogP contribution in [0.25, 0.3) is 0 Å². The summed E-state index contributed by atoms with van der Waals surface area (Å²) >= 11 is 0. The van der Waals surface area contributed by atoms with Crippen LogP contribution in [-0.2, 0) is 4.74 Å². The Bertz CT molecular complexity index is 67.9.